The molecule has 0 atom stereocenters. The number of pyridine rings is 2. The Morgan fingerprint density at radius 2 is 1.74 bits per heavy atom. The summed E-state index contributed by atoms with van der Waals surface area (Å²) in [5.41, 5.74) is 4.71. The Labute approximate surface area is 208 Å². The largest absolute Gasteiger partial charge is 0.373 e. The van der Waals surface area contributed by atoms with Gasteiger partial charge in [0.2, 0.25) is 0 Å². The second-order valence-corrected chi connectivity index (χ2v) is 8.94. The molecule has 1 aromatic carbocycles. The molecule has 1 saturated heterocycles. The number of allylic oxidation sites excluding steroid dienone is 1. The molecule has 0 radical (unpaired) electrons. The molecule has 0 aliphatic carbocycles. The van der Waals surface area contributed by atoms with E-state index < -0.39 is 0 Å². The Kier molecular flexibility index (Phi) is 8.23. The molecule has 7 heteroatoms. The van der Waals surface area contributed by atoms with Crippen LogP contribution in [0.15, 0.2) is 67.3 Å². The number of likely N-dealkylation sites (N-methyl/N-ethyl adjacent to an activating group) is 1. The number of anilines is 1. The highest BCUT2D eigenvalue weighted by atomic mass is 15.2. The predicted octanol–water partition coefficient (Wildman–Crippen LogP) is 4.54. The van der Waals surface area contributed by atoms with Gasteiger partial charge in [-0.25, -0.2) is 4.98 Å². The fraction of sp³-hybridized carbons (Fsp3) is 0.321. The monoisotopic (exact) mass is 469 g/mol. The van der Waals surface area contributed by atoms with Crippen molar-refractivity contribution >= 4 is 22.7 Å². The first-order chi connectivity index (χ1) is 17.0. The highest BCUT2D eigenvalue weighted by molar-refractivity contribution is 5.88. The molecular formula is C28H35N7. The summed E-state index contributed by atoms with van der Waals surface area (Å²) < 4.78 is 1.81. The van der Waals surface area contributed by atoms with Crippen molar-refractivity contribution in [3.8, 4) is 11.1 Å². The molecule has 35 heavy (non-hydrogen) atoms. The second kappa shape index (κ2) is 11.7. The molecule has 1 aliphatic rings. The topological polar surface area (TPSA) is 62.1 Å². The number of nitrogens with zero attached hydrogens (tertiary/aromatic N) is 6. The van der Waals surface area contributed by atoms with Gasteiger partial charge in [-0.05, 0) is 54.8 Å². The average Bonchev–Trinajstić information content (AvgIpc) is 3.32. The van der Waals surface area contributed by atoms with Gasteiger partial charge in [0.1, 0.15) is 5.82 Å². The van der Waals surface area contributed by atoms with Crippen molar-refractivity contribution in [2.24, 2.45) is 7.05 Å². The third-order valence-corrected chi connectivity index (χ3v) is 6.20. The third-order valence-electron chi connectivity index (χ3n) is 6.20. The summed E-state index contributed by atoms with van der Waals surface area (Å²) in [4.78, 5) is 13.6. The van der Waals surface area contributed by atoms with Crippen LogP contribution in [0.1, 0.15) is 18.2 Å². The lowest BCUT2D eigenvalue weighted by Crippen LogP contribution is -2.44. The summed E-state index contributed by atoms with van der Waals surface area (Å²) in [6.45, 7) is 7.63. The summed E-state index contributed by atoms with van der Waals surface area (Å²) in [6, 6.07) is 12.6. The Hall–Kier alpha value is -3.55. The van der Waals surface area contributed by atoms with Crippen molar-refractivity contribution in [3.63, 3.8) is 0 Å². The summed E-state index contributed by atoms with van der Waals surface area (Å²) in [6.07, 6.45) is 11.9. The van der Waals surface area contributed by atoms with Gasteiger partial charge in [-0.15, -0.1) is 0 Å². The number of aryl methyl sites for hydroxylation is 1. The minimum absolute atomic E-state index is 0.880. The number of rotatable bonds is 5. The van der Waals surface area contributed by atoms with Crippen LogP contribution in [0, 0.1) is 0 Å². The van der Waals surface area contributed by atoms with Crippen LogP contribution in [0.3, 0.4) is 0 Å². The van der Waals surface area contributed by atoms with Crippen LogP contribution in [-0.4, -0.2) is 69.8 Å². The maximum absolute atomic E-state index is 4.45. The van der Waals surface area contributed by atoms with Gasteiger partial charge in [0, 0.05) is 76.4 Å². The zero-order chi connectivity index (χ0) is 24.6. The number of benzene rings is 1. The van der Waals surface area contributed by atoms with Gasteiger partial charge in [0.05, 0.1) is 11.9 Å². The van der Waals surface area contributed by atoms with Crippen molar-refractivity contribution in [1.82, 2.24) is 29.5 Å². The molecule has 182 valence electrons. The Morgan fingerprint density at radius 1 is 0.914 bits per heavy atom. The van der Waals surface area contributed by atoms with Gasteiger partial charge >= 0.3 is 0 Å². The Bertz CT molecular complexity index is 1270. The van der Waals surface area contributed by atoms with E-state index in [1.165, 1.54) is 22.2 Å². The molecule has 0 amide bonds. The van der Waals surface area contributed by atoms with E-state index in [4.69, 9.17) is 0 Å². The summed E-state index contributed by atoms with van der Waals surface area (Å²) >= 11 is 0. The highest BCUT2D eigenvalue weighted by Gasteiger charge is 2.14. The molecule has 1 N–H and O–H groups in total. The normalized spacial score (nSPS) is 14.7. The fourth-order valence-electron chi connectivity index (χ4n) is 4.14. The number of fused-ring (bicyclic) bond motifs is 1. The number of aromatic nitrogens is 4. The van der Waals surface area contributed by atoms with Crippen molar-refractivity contribution < 1.29 is 0 Å². The lowest BCUT2D eigenvalue weighted by Gasteiger charge is -2.32. The maximum Gasteiger partial charge on any atom is 0.126 e. The third kappa shape index (κ3) is 6.74. The zero-order valence-corrected chi connectivity index (χ0v) is 21.1. The van der Waals surface area contributed by atoms with Crippen LogP contribution in [0.25, 0.3) is 28.0 Å². The molecule has 1 fully saturated rings. The molecule has 3 aromatic heterocycles. The molecule has 7 nitrogen and oxygen atoms in total. The lowest BCUT2D eigenvalue weighted by molar-refractivity contribution is 0.147. The highest BCUT2D eigenvalue weighted by Crippen LogP contribution is 2.24. The van der Waals surface area contributed by atoms with E-state index in [1.807, 2.05) is 56.6 Å². The molecule has 0 bridgehead atoms. The number of hydrogen-bond donors (Lipinski definition) is 1. The van der Waals surface area contributed by atoms with Gasteiger partial charge in [0.25, 0.3) is 0 Å². The van der Waals surface area contributed by atoms with E-state index in [0.717, 1.165) is 49.5 Å². The van der Waals surface area contributed by atoms with Crippen LogP contribution in [0.2, 0.25) is 0 Å². The van der Waals surface area contributed by atoms with Gasteiger partial charge in [0.15, 0.2) is 0 Å². The molecule has 0 saturated carbocycles. The minimum atomic E-state index is 0.880. The summed E-state index contributed by atoms with van der Waals surface area (Å²) in [5, 5.41) is 9.57. The van der Waals surface area contributed by atoms with Crippen LogP contribution in [0.4, 0.5) is 5.82 Å². The van der Waals surface area contributed by atoms with Gasteiger partial charge in [-0.3, -0.25) is 14.6 Å². The number of nitrogens with one attached hydrogen (secondary N) is 1. The Balaban J connectivity index is 0.000000165. The van der Waals surface area contributed by atoms with Crippen LogP contribution < -0.4 is 5.32 Å². The first-order valence-corrected chi connectivity index (χ1v) is 12.1. The van der Waals surface area contributed by atoms with Gasteiger partial charge < -0.3 is 10.2 Å². The van der Waals surface area contributed by atoms with Crippen molar-refractivity contribution in [2.45, 2.75) is 13.5 Å². The van der Waals surface area contributed by atoms with E-state index in [1.54, 1.807) is 0 Å². The van der Waals surface area contributed by atoms with Gasteiger partial charge in [-0.1, -0.05) is 24.3 Å². The molecule has 0 spiro atoms. The summed E-state index contributed by atoms with van der Waals surface area (Å²) in [7, 11) is 5.98. The van der Waals surface area contributed by atoms with E-state index in [-0.39, 0.29) is 0 Å². The molecule has 4 aromatic rings. The number of piperazine rings is 1. The second-order valence-electron chi connectivity index (χ2n) is 8.94. The van der Waals surface area contributed by atoms with E-state index in [9.17, 15) is 0 Å². The molecule has 5 rings (SSSR count). The standard InChI is InChI=1S/C14H14N4.C14H21N3/c1-15-14-6-12-5-10(3-4-11(12)7-16-14)13-8-17-18(2)9-13;1-3-4-13-5-6-15-14(11-13)12-17-9-7-16(2)8-10-17/h3-9H,1-2H3,(H,15,16);3-6,11H,7-10,12H2,1-2H3/b;4-3-. The zero-order valence-electron chi connectivity index (χ0n) is 21.1. The van der Waals surface area contributed by atoms with Gasteiger partial charge in [-0.2, -0.15) is 5.10 Å². The van der Waals surface area contributed by atoms with E-state index >= 15 is 0 Å². The molecule has 1 aliphatic heterocycles. The first-order valence-electron chi connectivity index (χ1n) is 12.1. The maximum atomic E-state index is 4.45. The smallest absolute Gasteiger partial charge is 0.126 e. The van der Waals surface area contributed by atoms with Crippen LogP contribution >= 0.6 is 0 Å². The predicted molar refractivity (Wildman–Crippen MR) is 145 cm³/mol. The molecular weight excluding hydrogens is 434 g/mol. The SMILES string of the molecule is C/C=C\c1ccnc(CN2CCN(C)CC2)c1.CNc1cc2cc(-c3cnn(C)c3)ccc2cn1. The molecule has 4 heterocycles. The lowest BCUT2D eigenvalue weighted by atomic mass is 10.1. The van der Waals surface area contributed by atoms with Crippen molar-refractivity contribution in [2.75, 3.05) is 45.6 Å². The van der Waals surface area contributed by atoms with E-state index in [0.29, 0.717) is 0 Å². The Morgan fingerprint density at radius 3 is 2.46 bits per heavy atom. The minimum Gasteiger partial charge on any atom is -0.373 e. The van der Waals surface area contributed by atoms with Crippen LogP contribution in [-0.2, 0) is 13.6 Å². The van der Waals surface area contributed by atoms with Crippen molar-refractivity contribution in [3.05, 3.63) is 78.5 Å². The van der Waals surface area contributed by atoms with E-state index in [2.05, 4.69) is 79.7 Å². The number of hydrogen-bond acceptors (Lipinski definition) is 6. The average molecular weight is 470 g/mol. The van der Waals surface area contributed by atoms with Crippen LogP contribution in [0.5, 0.6) is 0 Å². The summed E-state index contributed by atoms with van der Waals surface area (Å²) in [5.74, 6) is 0.880. The van der Waals surface area contributed by atoms with Crippen molar-refractivity contribution in [1.29, 1.82) is 0 Å². The fourth-order valence-corrected chi connectivity index (χ4v) is 4.14. The quantitative estimate of drug-likeness (QED) is 0.463. The first kappa shape index (κ1) is 24.6. The molecule has 0 unspecified atom stereocenters.